The lowest BCUT2D eigenvalue weighted by Crippen LogP contribution is -1.85. The molecule has 0 heterocycles. The molecule has 0 radical (unpaired) electrons. The maximum atomic E-state index is 12.6. The minimum absolute atomic E-state index is 0.253. The van der Waals surface area contributed by atoms with E-state index < -0.39 is 0 Å². The number of hydrogen-bond donors (Lipinski definition) is 0. The van der Waals surface area contributed by atoms with Crippen molar-refractivity contribution in [1.82, 2.24) is 0 Å². The van der Waals surface area contributed by atoms with E-state index in [4.69, 9.17) is 0 Å². The quantitative estimate of drug-likeness (QED) is 0.716. The highest BCUT2D eigenvalue weighted by Crippen LogP contribution is 2.05. The summed E-state index contributed by atoms with van der Waals surface area (Å²) in [6.45, 7) is 0.484. The summed E-state index contributed by atoms with van der Waals surface area (Å²) in [6.07, 6.45) is 1.67. The molecule has 0 aliphatic carbocycles. The standard InChI is InChI=1S/C14H11F2N/c15-13-5-1-11(2-6-13)9-17-10-12-3-7-14(16)8-4-12/h1-9H,10H2/b17-9+. The minimum Gasteiger partial charge on any atom is -0.288 e. The first-order valence-corrected chi connectivity index (χ1v) is 5.24. The second kappa shape index (κ2) is 5.34. The Morgan fingerprint density at radius 3 is 1.94 bits per heavy atom. The fourth-order valence-electron chi connectivity index (χ4n) is 1.40. The fraction of sp³-hybridized carbons (Fsp3) is 0.0714. The lowest BCUT2D eigenvalue weighted by molar-refractivity contribution is 0.627. The van der Waals surface area contributed by atoms with E-state index in [1.165, 1.54) is 24.3 Å². The summed E-state index contributed by atoms with van der Waals surface area (Å²) in [4.78, 5) is 4.20. The van der Waals surface area contributed by atoms with Gasteiger partial charge in [0.25, 0.3) is 0 Å². The van der Waals surface area contributed by atoms with Crippen LogP contribution in [0.2, 0.25) is 0 Å². The van der Waals surface area contributed by atoms with E-state index in [0.717, 1.165) is 11.1 Å². The first-order valence-electron chi connectivity index (χ1n) is 5.24. The van der Waals surface area contributed by atoms with Crippen molar-refractivity contribution >= 4 is 6.21 Å². The van der Waals surface area contributed by atoms with Gasteiger partial charge in [0, 0.05) is 6.21 Å². The Balaban J connectivity index is 1.97. The second-order valence-electron chi connectivity index (χ2n) is 3.65. The number of hydrogen-bond acceptors (Lipinski definition) is 1. The monoisotopic (exact) mass is 231 g/mol. The van der Waals surface area contributed by atoms with Crippen LogP contribution >= 0.6 is 0 Å². The van der Waals surface area contributed by atoms with E-state index in [-0.39, 0.29) is 11.6 Å². The second-order valence-corrected chi connectivity index (χ2v) is 3.65. The molecule has 0 unspecified atom stereocenters. The summed E-state index contributed by atoms with van der Waals surface area (Å²) in [6, 6.07) is 12.3. The Morgan fingerprint density at radius 1 is 0.824 bits per heavy atom. The molecule has 86 valence electrons. The molecule has 0 aliphatic rings. The third-order valence-corrected chi connectivity index (χ3v) is 2.30. The molecule has 3 heteroatoms. The lowest BCUT2D eigenvalue weighted by atomic mass is 10.2. The van der Waals surface area contributed by atoms with E-state index in [2.05, 4.69) is 4.99 Å². The highest BCUT2D eigenvalue weighted by atomic mass is 19.1. The van der Waals surface area contributed by atoms with Crippen LogP contribution in [0, 0.1) is 11.6 Å². The van der Waals surface area contributed by atoms with Gasteiger partial charge in [0.2, 0.25) is 0 Å². The fourth-order valence-corrected chi connectivity index (χ4v) is 1.40. The summed E-state index contributed by atoms with van der Waals surface area (Å²) < 4.78 is 25.3. The van der Waals surface area contributed by atoms with Crippen molar-refractivity contribution in [3.05, 3.63) is 71.3 Å². The number of benzene rings is 2. The molecule has 0 amide bonds. The maximum absolute atomic E-state index is 12.6. The number of nitrogens with zero attached hydrogens (tertiary/aromatic N) is 1. The van der Waals surface area contributed by atoms with Crippen LogP contribution in [0.5, 0.6) is 0 Å². The molecule has 17 heavy (non-hydrogen) atoms. The molecule has 0 aromatic heterocycles. The zero-order chi connectivity index (χ0) is 12.1. The summed E-state index contributed by atoms with van der Waals surface area (Å²) >= 11 is 0. The van der Waals surface area contributed by atoms with Crippen LogP contribution in [0.15, 0.2) is 53.5 Å². The molecular formula is C14H11F2N. The van der Waals surface area contributed by atoms with Crippen LogP contribution in [0.1, 0.15) is 11.1 Å². The van der Waals surface area contributed by atoms with Crippen LogP contribution in [-0.4, -0.2) is 6.21 Å². The van der Waals surface area contributed by atoms with Crippen molar-refractivity contribution in [2.24, 2.45) is 4.99 Å². The lowest BCUT2D eigenvalue weighted by Gasteiger charge is -1.96. The van der Waals surface area contributed by atoms with Crippen molar-refractivity contribution in [1.29, 1.82) is 0 Å². The summed E-state index contributed by atoms with van der Waals surface area (Å²) in [5, 5.41) is 0. The van der Waals surface area contributed by atoms with Crippen molar-refractivity contribution < 1.29 is 8.78 Å². The minimum atomic E-state index is -0.263. The van der Waals surface area contributed by atoms with Gasteiger partial charge in [0.05, 0.1) is 6.54 Å². The van der Waals surface area contributed by atoms with Crippen molar-refractivity contribution in [3.63, 3.8) is 0 Å². The van der Waals surface area contributed by atoms with Crippen molar-refractivity contribution in [2.75, 3.05) is 0 Å². The number of halogens is 2. The Bertz CT molecular complexity index is 501. The van der Waals surface area contributed by atoms with E-state index in [1.54, 1.807) is 30.5 Å². The normalized spacial score (nSPS) is 10.9. The largest absolute Gasteiger partial charge is 0.288 e. The van der Waals surface area contributed by atoms with Gasteiger partial charge in [0.1, 0.15) is 11.6 Å². The van der Waals surface area contributed by atoms with E-state index in [9.17, 15) is 8.78 Å². The smallest absolute Gasteiger partial charge is 0.123 e. The molecule has 0 aliphatic heterocycles. The van der Waals surface area contributed by atoms with Crippen LogP contribution in [0.25, 0.3) is 0 Å². The van der Waals surface area contributed by atoms with Gasteiger partial charge >= 0.3 is 0 Å². The molecule has 0 atom stereocenters. The maximum Gasteiger partial charge on any atom is 0.123 e. The van der Waals surface area contributed by atoms with Gasteiger partial charge in [-0.25, -0.2) is 8.78 Å². The van der Waals surface area contributed by atoms with Crippen LogP contribution < -0.4 is 0 Å². The summed E-state index contributed by atoms with van der Waals surface area (Å²) in [5.74, 6) is -0.517. The predicted molar refractivity (Wildman–Crippen MR) is 64.1 cm³/mol. The van der Waals surface area contributed by atoms with Crippen LogP contribution in [0.4, 0.5) is 8.78 Å². The Morgan fingerprint density at radius 2 is 1.35 bits per heavy atom. The average Bonchev–Trinajstić information content (AvgIpc) is 2.34. The van der Waals surface area contributed by atoms with Crippen molar-refractivity contribution in [2.45, 2.75) is 6.54 Å². The zero-order valence-corrected chi connectivity index (χ0v) is 9.11. The topological polar surface area (TPSA) is 12.4 Å². The first-order chi connectivity index (χ1) is 8.24. The van der Waals surface area contributed by atoms with Gasteiger partial charge < -0.3 is 0 Å². The summed E-state index contributed by atoms with van der Waals surface area (Å²) in [7, 11) is 0. The van der Waals surface area contributed by atoms with Gasteiger partial charge in [-0.1, -0.05) is 24.3 Å². The van der Waals surface area contributed by atoms with Crippen LogP contribution in [0.3, 0.4) is 0 Å². The van der Waals surface area contributed by atoms with Gasteiger partial charge in [-0.3, -0.25) is 4.99 Å². The molecular weight excluding hydrogens is 220 g/mol. The van der Waals surface area contributed by atoms with Gasteiger partial charge in [-0.2, -0.15) is 0 Å². The Labute approximate surface area is 98.4 Å². The molecule has 0 N–H and O–H groups in total. The van der Waals surface area contributed by atoms with E-state index in [1.807, 2.05) is 0 Å². The molecule has 0 fully saturated rings. The number of aliphatic imine (C=N–C) groups is 1. The SMILES string of the molecule is Fc1ccc(/C=N/Cc2ccc(F)cc2)cc1. The zero-order valence-electron chi connectivity index (χ0n) is 9.11. The van der Waals surface area contributed by atoms with Gasteiger partial charge in [-0.15, -0.1) is 0 Å². The molecule has 2 aromatic carbocycles. The molecule has 0 bridgehead atoms. The highest BCUT2D eigenvalue weighted by Gasteiger charge is 1.92. The van der Waals surface area contributed by atoms with Gasteiger partial charge in [-0.05, 0) is 35.4 Å². The Kier molecular flexibility index (Phi) is 3.60. The highest BCUT2D eigenvalue weighted by molar-refractivity contribution is 5.79. The molecule has 0 saturated carbocycles. The number of rotatable bonds is 3. The van der Waals surface area contributed by atoms with E-state index >= 15 is 0 Å². The van der Waals surface area contributed by atoms with Gasteiger partial charge in [0.15, 0.2) is 0 Å². The predicted octanol–water partition coefficient (Wildman–Crippen LogP) is 3.58. The van der Waals surface area contributed by atoms with E-state index in [0.29, 0.717) is 6.54 Å². The first kappa shape index (κ1) is 11.5. The molecule has 1 nitrogen and oxygen atoms in total. The third-order valence-electron chi connectivity index (χ3n) is 2.30. The summed E-state index contributed by atoms with van der Waals surface area (Å²) in [5.41, 5.74) is 1.78. The molecule has 2 rings (SSSR count). The molecule has 2 aromatic rings. The third kappa shape index (κ3) is 3.48. The molecule has 0 saturated heterocycles. The Hall–Kier alpha value is -2.03. The van der Waals surface area contributed by atoms with Crippen molar-refractivity contribution in [3.8, 4) is 0 Å². The average molecular weight is 231 g/mol. The van der Waals surface area contributed by atoms with Crippen LogP contribution in [-0.2, 0) is 6.54 Å². The molecule has 0 spiro atoms.